The monoisotopic (exact) mass is 446 g/mol. The van der Waals surface area contributed by atoms with E-state index in [1.807, 2.05) is 29.2 Å². The summed E-state index contributed by atoms with van der Waals surface area (Å²) in [6.07, 6.45) is 1.54. The smallest absolute Gasteiger partial charge is 0.310 e. The molecule has 4 aromatic rings. The first kappa shape index (κ1) is 20.8. The van der Waals surface area contributed by atoms with Crippen LogP contribution in [0.15, 0.2) is 48.5 Å². The number of nitrogens with zero attached hydrogens (tertiary/aromatic N) is 6. The van der Waals surface area contributed by atoms with E-state index >= 15 is 0 Å². The predicted molar refractivity (Wildman–Crippen MR) is 122 cm³/mol. The number of carbonyl (C=O) groups excluding carboxylic acids is 1. The molecule has 0 N–H and O–H groups in total. The van der Waals surface area contributed by atoms with Crippen LogP contribution in [0.25, 0.3) is 27.9 Å². The molecule has 10 heteroatoms. The third-order valence-electron chi connectivity index (χ3n) is 5.89. The molecule has 0 saturated carbocycles. The molecule has 1 fully saturated rings. The first-order valence-corrected chi connectivity index (χ1v) is 10.9. The van der Waals surface area contributed by atoms with Gasteiger partial charge in [0.1, 0.15) is 0 Å². The molecule has 1 aliphatic rings. The molecule has 0 bridgehead atoms. The van der Waals surface area contributed by atoms with Crippen LogP contribution < -0.4 is 4.90 Å². The van der Waals surface area contributed by atoms with Gasteiger partial charge in [0, 0.05) is 24.5 Å². The Morgan fingerprint density at radius 3 is 2.79 bits per heavy atom. The van der Waals surface area contributed by atoms with Gasteiger partial charge in [-0.25, -0.2) is 9.38 Å². The number of piperidine rings is 1. The minimum Gasteiger partial charge on any atom is -0.466 e. The van der Waals surface area contributed by atoms with Gasteiger partial charge in [0.25, 0.3) is 5.69 Å². The van der Waals surface area contributed by atoms with Crippen LogP contribution >= 0.6 is 0 Å². The second kappa shape index (κ2) is 8.45. The van der Waals surface area contributed by atoms with Crippen LogP contribution in [0.5, 0.6) is 0 Å². The van der Waals surface area contributed by atoms with Crippen LogP contribution in [0.3, 0.4) is 0 Å². The summed E-state index contributed by atoms with van der Waals surface area (Å²) in [6.45, 7) is 3.25. The van der Waals surface area contributed by atoms with Gasteiger partial charge in [-0.2, -0.15) is 0 Å². The highest BCUT2D eigenvalue weighted by atomic mass is 16.6. The standard InChI is InChI=1S/C23H22N6O4/c1-2-33-22(30)15-8-7-13-27(14-15)23-24-18-11-5-3-9-16(18)20-25-26-21(28(20)23)17-10-4-6-12-19(17)29(31)32/h3-6,9-12,15H,2,7-8,13-14H2,1H3/t15-/m0/s1. The van der Waals surface area contributed by atoms with Gasteiger partial charge in [0.15, 0.2) is 11.5 Å². The summed E-state index contributed by atoms with van der Waals surface area (Å²) >= 11 is 0. The van der Waals surface area contributed by atoms with Gasteiger partial charge < -0.3 is 9.64 Å². The highest BCUT2D eigenvalue weighted by Crippen LogP contribution is 2.34. The molecule has 0 aliphatic carbocycles. The molecule has 5 rings (SSSR count). The Hall–Kier alpha value is -4.08. The number of carbonyl (C=O) groups is 1. The van der Waals surface area contributed by atoms with Gasteiger partial charge in [0.05, 0.1) is 28.5 Å². The summed E-state index contributed by atoms with van der Waals surface area (Å²) in [5.74, 6) is 0.398. The predicted octanol–water partition coefficient (Wildman–Crippen LogP) is 3.63. The zero-order valence-electron chi connectivity index (χ0n) is 18.0. The van der Waals surface area contributed by atoms with Crippen molar-refractivity contribution in [3.05, 3.63) is 58.6 Å². The van der Waals surface area contributed by atoms with Gasteiger partial charge in [-0.05, 0) is 38.0 Å². The summed E-state index contributed by atoms with van der Waals surface area (Å²) in [5, 5.41) is 21.2. The Morgan fingerprint density at radius 2 is 1.97 bits per heavy atom. The number of rotatable bonds is 5. The molecule has 1 atom stereocenters. The van der Waals surface area contributed by atoms with Gasteiger partial charge in [0.2, 0.25) is 5.95 Å². The highest BCUT2D eigenvalue weighted by Gasteiger charge is 2.31. The molecule has 1 saturated heterocycles. The molecule has 0 amide bonds. The fraction of sp³-hybridized carbons (Fsp3) is 0.304. The number of benzene rings is 2. The number of hydrogen-bond acceptors (Lipinski definition) is 8. The average molecular weight is 446 g/mol. The van der Waals surface area contributed by atoms with Crippen molar-refractivity contribution in [3.8, 4) is 11.4 Å². The van der Waals surface area contributed by atoms with Gasteiger partial charge in [-0.1, -0.05) is 24.3 Å². The van der Waals surface area contributed by atoms with E-state index in [0.717, 1.165) is 23.7 Å². The van der Waals surface area contributed by atoms with Crippen molar-refractivity contribution in [3.63, 3.8) is 0 Å². The second-order valence-corrected chi connectivity index (χ2v) is 7.92. The topological polar surface area (TPSA) is 116 Å². The van der Waals surface area contributed by atoms with Crippen molar-refractivity contribution in [2.75, 3.05) is 24.6 Å². The number of nitro benzene ring substituents is 1. The maximum atomic E-state index is 12.4. The van der Waals surface area contributed by atoms with Crippen LogP contribution in [0.2, 0.25) is 0 Å². The summed E-state index contributed by atoms with van der Waals surface area (Å²) in [7, 11) is 0. The van der Waals surface area contributed by atoms with Gasteiger partial charge in [-0.3, -0.25) is 14.9 Å². The van der Waals surface area contributed by atoms with Crippen LogP contribution in [0, 0.1) is 16.0 Å². The van der Waals surface area contributed by atoms with E-state index in [4.69, 9.17) is 9.72 Å². The molecule has 2 aromatic heterocycles. The Bertz CT molecular complexity index is 1370. The second-order valence-electron chi connectivity index (χ2n) is 7.92. The quantitative estimate of drug-likeness (QED) is 0.259. The van der Waals surface area contributed by atoms with E-state index in [1.165, 1.54) is 6.07 Å². The molecule has 168 valence electrons. The largest absolute Gasteiger partial charge is 0.466 e. The fourth-order valence-electron chi connectivity index (χ4n) is 4.39. The summed E-state index contributed by atoms with van der Waals surface area (Å²) in [4.78, 5) is 30.6. The lowest BCUT2D eigenvalue weighted by atomic mass is 9.98. The fourth-order valence-corrected chi connectivity index (χ4v) is 4.39. The number of nitro groups is 1. The number of ether oxygens (including phenoxy) is 1. The number of anilines is 1. The Balaban J connectivity index is 1.72. The van der Waals surface area contributed by atoms with E-state index in [-0.39, 0.29) is 17.6 Å². The van der Waals surface area contributed by atoms with Crippen LogP contribution in [0.1, 0.15) is 19.8 Å². The zero-order valence-corrected chi connectivity index (χ0v) is 18.0. The first-order chi connectivity index (χ1) is 16.1. The Kier molecular flexibility index (Phi) is 5.33. The number of esters is 1. The number of hydrogen-bond donors (Lipinski definition) is 0. The summed E-state index contributed by atoms with van der Waals surface area (Å²) < 4.78 is 7.01. The van der Waals surface area contributed by atoms with E-state index < -0.39 is 4.92 Å². The maximum absolute atomic E-state index is 12.4. The number of fused-ring (bicyclic) bond motifs is 3. The third kappa shape index (κ3) is 3.63. The highest BCUT2D eigenvalue weighted by molar-refractivity contribution is 5.93. The van der Waals surface area contributed by atoms with E-state index in [9.17, 15) is 14.9 Å². The van der Waals surface area contributed by atoms with Gasteiger partial charge >= 0.3 is 5.97 Å². The molecular formula is C23H22N6O4. The Labute approximate surface area is 189 Å². The van der Waals surface area contributed by atoms with Gasteiger partial charge in [-0.15, -0.1) is 10.2 Å². The molecular weight excluding hydrogens is 424 g/mol. The molecule has 1 aliphatic heterocycles. The lowest BCUT2D eigenvalue weighted by Gasteiger charge is -2.32. The molecule has 10 nitrogen and oxygen atoms in total. The van der Waals surface area contributed by atoms with E-state index in [1.54, 1.807) is 29.5 Å². The lowest BCUT2D eigenvalue weighted by Crippen LogP contribution is -2.40. The zero-order chi connectivity index (χ0) is 22.9. The van der Waals surface area contributed by atoms with Crippen molar-refractivity contribution in [2.24, 2.45) is 5.92 Å². The van der Waals surface area contributed by atoms with E-state index in [0.29, 0.717) is 42.7 Å². The van der Waals surface area contributed by atoms with Crippen molar-refractivity contribution < 1.29 is 14.5 Å². The number of para-hydroxylation sites is 2. The maximum Gasteiger partial charge on any atom is 0.310 e. The van der Waals surface area contributed by atoms with Crippen molar-refractivity contribution in [2.45, 2.75) is 19.8 Å². The summed E-state index contributed by atoms with van der Waals surface area (Å²) in [6, 6.07) is 14.0. The minimum absolute atomic E-state index is 0.0612. The summed E-state index contributed by atoms with van der Waals surface area (Å²) in [5.41, 5.74) is 1.59. The average Bonchev–Trinajstić information content (AvgIpc) is 3.29. The van der Waals surface area contributed by atoms with Crippen molar-refractivity contribution >= 4 is 34.2 Å². The number of aromatic nitrogens is 4. The molecule has 3 heterocycles. The van der Waals surface area contributed by atoms with Crippen LogP contribution in [0.4, 0.5) is 11.6 Å². The minimum atomic E-state index is -0.428. The molecule has 33 heavy (non-hydrogen) atoms. The SMILES string of the molecule is CCOC(=O)[C@H]1CCCN(c2nc3ccccc3c3nnc(-c4ccccc4[N+](=O)[O-])n23)C1. The van der Waals surface area contributed by atoms with Crippen molar-refractivity contribution in [1.29, 1.82) is 0 Å². The molecule has 0 radical (unpaired) electrons. The molecule has 0 spiro atoms. The molecule has 0 unspecified atom stereocenters. The van der Waals surface area contributed by atoms with Crippen LogP contribution in [-0.4, -0.2) is 50.2 Å². The third-order valence-corrected chi connectivity index (χ3v) is 5.89. The van der Waals surface area contributed by atoms with Crippen LogP contribution in [-0.2, 0) is 9.53 Å². The van der Waals surface area contributed by atoms with E-state index in [2.05, 4.69) is 10.2 Å². The first-order valence-electron chi connectivity index (χ1n) is 10.9. The molecule has 2 aromatic carbocycles. The Morgan fingerprint density at radius 1 is 1.18 bits per heavy atom. The van der Waals surface area contributed by atoms with Crippen molar-refractivity contribution in [1.82, 2.24) is 19.6 Å². The lowest BCUT2D eigenvalue weighted by molar-refractivity contribution is -0.384. The normalized spacial score (nSPS) is 16.3.